The molecule has 0 saturated heterocycles. The van der Waals surface area contributed by atoms with Crippen molar-refractivity contribution in [2.24, 2.45) is 0 Å². The quantitative estimate of drug-likeness (QED) is 0.733. The molecule has 8 heteroatoms. The third kappa shape index (κ3) is 4.30. The third-order valence-electron chi connectivity index (χ3n) is 3.52. The molecule has 1 heterocycles. The molecule has 0 radical (unpaired) electrons. The van der Waals surface area contributed by atoms with Crippen LogP contribution in [-0.4, -0.2) is 30.4 Å². The van der Waals surface area contributed by atoms with Crippen LogP contribution in [0.4, 0.5) is 4.39 Å². The fourth-order valence-corrected chi connectivity index (χ4v) is 2.44. The van der Waals surface area contributed by atoms with Gasteiger partial charge in [0.05, 0.1) is 0 Å². The van der Waals surface area contributed by atoms with Crippen LogP contribution >= 0.6 is 11.6 Å². The van der Waals surface area contributed by atoms with Gasteiger partial charge in [-0.3, -0.25) is 9.59 Å². The molecule has 0 fully saturated rings. The highest BCUT2D eigenvalue weighted by Gasteiger charge is 2.22. The number of hydrogen-bond donors (Lipinski definition) is 3. The van der Waals surface area contributed by atoms with Crippen LogP contribution in [0.3, 0.4) is 0 Å². The largest absolute Gasteiger partial charge is 0.483 e. The number of halogens is 2. The van der Waals surface area contributed by atoms with E-state index in [1.165, 1.54) is 25.2 Å². The van der Waals surface area contributed by atoms with E-state index in [0.29, 0.717) is 6.54 Å². The molecule has 0 aliphatic carbocycles. The SMILES string of the molecule is CCNC(=O)c1cc(O[C@@H](C)c2ccc(Cl)cc2F)c(C(=O)NC)[nH]1. The van der Waals surface area contributed by atoms with Gasteiger partial charge in [-0.2, -0.15) is 0 Å². The minimum atomic E-state index is -0.696. The first kappa shape index (κ1) is 18.8. The van der Waals surface area contributed by atoms with Gasteiger partial charge in [-0.25, -0.2) is 4.39 Å². The number of ether oxygens (including phenoxy) is 1. The minimum Gasteiger partial charge on any atom is -0.483 e. The summed E-state index contributed by atoms with van der Waals surface area (Å²) in [6.07, 6.45) is -0.696. The van der Waals surface area contributed by atoms with Crippen LogP contribution in [0, 0.1) is 5.82 Å². The van der Waals surface area contributed by atoms with Crippen molar-refractivity contribution in [3.8, 4) is 5.75 Å². The van der Waals surface area contributed by atoms with Gasteiger partial charge >= 0.3 is 0 Å². The van der Waals surface area contributed by atoms with E-state index in [1.54, 1.807) is 19.9 Å². The van der Waals surface area contributed by atoms with Crippen molar-refractivity contribution >= 4 is 23.4 Å². The van der Waals surface area contributed by atoms with Crippen LogP contribution in [-0.2, 0) is 0 Å². The maximum atomic E-state index is 14.0. The summed E-state index contributed by atoms with van der Waals surface area (Å²) in [7, 11) is 1.46. The lowest BCUT2D eigenvalue weighted by Crippen LogP contribution is -2.23. The number of aromatic amines is 1. The fraction of sp³-hybridized carbons (Fsp3) is 0.294. The molecule has 134 valence electrons. The molecule has 2 amide bonds. The Morgan fingerprint density at radius 3 is 2.64 bits per heavy atom. The monoisotopic (exact) mass is 367 g/mol. The van der Waals surface area contributed by atoms with Gasteiger partial charge in [0.2, 0.25) is 0 Å². The van der Waals surface area contributed by atoms with Crippen LogP contribution < -0.4 is 15.4 Å². The lowest BCUT2D eigenvalue weighted by atomic mass is 10.1. The highest BCUT2D eigenvalue weighted by molar-refractivity contribution is 6.30. The Morgan fingerprint density at radius 1 is 1.32 bits per heavy atom. The number of carbonyl (C=O) groups excluding carboxylic acids is 2. The average Bonchev–Trinajstić information content (AvgIpc) is 2.98. The standard InChI is InChI=1S/C17H19ClFN3O3/c1-4-21-16(23)13-8-14(15(22-13)17(24)20-3)25-9(2)11-6-5-10(18)7-12(11)19/h5-9,22H,4H2,1-3H3,(H,20,24)(H,21,23)/t9-/m0/s1. The lowest BCUT2D eigenvalue weighted by Gasteiger charge is -2.16. The number of benzene rings is 1. The van der Waals surface area contributed by atoms with E-state index in [0.717, 1.165) is 0 Å². The Labute approximate surface area is 149 Å². The second-order valence-electron chi connectivity index (χ2n) is 5.29. The van der Waals surface area contributed by atoms with Gasteiger partial charge < -0.3 is 20.4 Å². The summed E-state index contributed by atoms with van der Waals surface area (Å²) in [6, 6.07) is 5.67. The predicted molar refractivity (Wildman–Crippen MR) is 92.6 cm³/mol. The predicted octanol–water partition coefficient (Wildman–Crippen LogP) is 3.06. The smallest absolute Gasteiger partial charge is 0.271 e. The van der Waals surface area contributed by atoms with Gasteiger partial charge in [-0.05, 0) is 26.0 Å². The van der Waals surface area contributed by atoms with E-state index in [-0.39, 0.29) is 33.6 Å². The van der Waals surface area contributed by atoms with E-state index in [2.05, 4.69) is 15.6 Å². The maximum Gasteiger partial charge on any atom is 0.271 e. The van der Waals surface area contributed by atoms with Gasteiger partial charge in [-0.15, -0.1) is 0 Å². The molecule has 1 atom stereocenters. The van der Waals surface area contributed by atoms with E-state index in [1.807, 2.05) is 0 Å². The summed E-state index contributed by atoms with van der Waals surface area (Å²) in [5.74, 6) is -1.18. The molecule has 1 aromatic heterocycles. The minimum absolute atomic E-state index is 0.0879. The van der Waals surface area contributed by atoms with Crippen molar-refractivity contribution in [1.29, 1.82) is 0 Å². The van der Waals surface area contributed by atoms with Gasteiger partial charge in [0, 0.05) is 30.2 Å². The van der Waals surface area contributed by atoms with Crippen LogP contribution in [0.5, 0.6) is 5.75 Å². The zero-order chi connectivity index (χ0) is 18.6. The van der Waals surface area contributed by atoms with E-state index in [4.69, 9.17) is 16.3 Å². The molecule has 6 nitrogen and oxygen atoms in total. The first-order valence-corrected chi connectivity index (χ1v) is 8.10. The summed E-state index contributed by atoms with van der Waals surface area (Å²) in [6.45, 7) is 3.86. The lowest BCUT2D eigenvalue weighted by molar-refractivity contribution is 0.0951. The average molecular weight is 368 g/mol. The Balaban J connectivity index is 2.33. The molecule has 0 saturated carbocycles. The summed E-state index contributed by atoms with van der Waals surface area (Å²) >= 11 is 5.75. The van der Waals surface area contributed by atoms with Gasteiger partial charge in [0.15, 0.2) is 5.75 Å². The van der Waals surface area contributed by atoms with E-state index >= 15 is 0 Å². The van der Waals surface area contributed by atoms with Crippen molar-refractivity contribution in [2.45, 2.75) is 20.0 Å². The molecule has 0 bridgehead atoms. The van der Waals surface area contributed by atoms with Crippen molar-refractivity contribution in [1.82, 2.24) is 15.6 Å². The topological polar surface area (TPSA) is 83.2 Å². The summed E-state index contributed by atoms with van der Waals surface area (Å²) in [5, 5.41) is 5.37. The maximum absolute atomic E-state index is 14.0. The van der Waals surface area contributed by atoms with Crippen molar-refractivity contribution in [3.63, 3.8) is 0 Å². The van der Waals surface area contributed by atoms with Gasteiger partial charge in [0.25, 0.3) is 11.8 Å². The second kappa shape index (κ2) is 8.02. The van der Waals surface area contributed by atoms with Crippen molar-refractivity contribution in [2.75, 3.05) is 13.6 Å². The van der Waals surface area contributed by atoms with Crippen LogP contribution in [0.15, 0.2) is 24.3 Å². The number of H-pyrrole nitrogens is 1. The van der Waals surface area contributed by atoms with Crippen LogP contribution in [0.25, 0.3) is 0 Å². The van der Waals surface area contributed by atoms with Crippen molar-refractivity contribution in [3.05, 3.63) is 52.1 Å². The molecule has 0 aliphatic rings. The van der Waals surface area contributed by atoms with Gasteiger partial charge in [-0.1, -0.05) is 17.7 Å². The molecule has 1 aromatic carbocycles. The Bertz CT molecular complexity index is 791. The van der Waals surface area contributed by atoms with Crippen LogP contribution in [0.1, 0.15) is 46.5 Å². The van der Waals surface area contributed by atoms with Crippen LogP contribution in [0.2, 0.25) is 5.02 Å². The summed E-state index contributed by atoms with van der Waals surface area (Å²) in [5.41, 5.74) is 0.553. The first-order valence-electron chi connectivity index (χ1n) is 7.72. The molecular weight excluding hydrogens is 349 g/mol. The van der Waals surface area contributed by atoms with E-state index < -0.39 is 17.8 Å². The Morgan fingerprint density at radius 2 is 2.04 bits per heavy atom. The Kier molecular flexibility index (Phi) is 6.03. The molecule has 25 heavy (non-hydrogen) atoms. The summed E-state index contributed by atoms with van der Waals surface area (Å²) < 4.78 is 19.8. The molecule has 0 aliphatic heterocycles. The number of aromatic nitrogens is 1. The number of amides is 2. The number of hydrogen-bond acceptors (Lipinski definition) is 3. The normalized spacial score (nSPS) is 11.7. The van der Waals surface area contributed by atoms with Crippen molar-refractivity contribution < 1.29 is 18.7 Å². The summed E-state index contributed by atoms with van der Waals surface area (Å²) in [4.78, 5) is 26.7. The zero-order valence-corrected chi connectivity index (χ0v) is 14.8. The van der Waals surface area contributed by atoms with E-state index in [9.17, 15) is 14.0 Å². The molecular formula is C17H19ClFN3O3. The number of carbonyl (C=O) groups is 2. The molecule has 0 spiro atoms. The molecule has 0 unspecified atom stereocenters. The zero-order valence-electron chi connectivity index (χ0n) is 14.1. The number of rotatable bonds is 6. The van der Waals surface area contributed by atoms with Gasteiger partial charge in [0.1, 0.15) is 23.3 Å². The first-order chi connectivity index (χ1) is 11.9. The second-order valence-corrected chi connectivity index (χ2v) is 5.72. The highest BCUT2D eigenvalue weighted by Crippen LogP contribution is 2.28. The molecule has 2 aromatic rings. The fourth-order valence-electron chi connectivity index (χ4n) is 2.29. The Hall–Kier alpha value is -2.54. The highest BCUT2D eigenvalue weighted by atomic mass is 35.5. The third-order valence-corrected chi connectivity index (χ3v) is 3.76. The molecule has 2 rings (SSSR count). The molecule has 3 N–H and O–H groups in total. The number of nitrogens with one attached hydrogen (secondary N) is 3.